The largest absolute Gasteiger partial charge is 0.398 e. The topological polar surface area (TPSA) is 72.2 Å². The van der Waals surface area contributed by atoms with E-state index in [0.29, 0.717) is 0 Å². The van der Waals surface area contributed by atoms with Gasteiger partial charge in [-0.25, -0.2) is 13.1 Å². The summed E-state index contributed by atoms with van der Waals surface area (Å²) in [6, 6.07) is 4.83. The summed E-state index contributed by atoms with van der Waals surface area (Å²) in [6.45, 7) is 3.70. The highest BCUT2D eigenvalue weighted by Crippen LogP contribution is 2.19. The minimum Gasteiger partial charge on any atom is -0.398 e. The highest BCUT2D eigenvalue weighted by Gasteiger charge is 2.19. The molecule has 0 amide bonds. The fourth-order valence-electron chi connectivity index (χ4n) is 1.52. The second kappa shape index (κ2) is 5.75. The van der Waals surface area contributed by atoms with Crippen LogP contribution in [-0.2, 0) is 10.0 Å². The van der Waals surface area contributed by atoms with Gasteiger partial charge in [0.25, 0.3) is 0 Å². The molecule has 0 aliphatic carbocycles. The van der Waals surface area contributed by atoms with Crippen molar-refractivity contribution in [2.24, 2.45) is 0 Å². The zero-order valence-electron chi connectivity index (χ0n) is 10.2. The lowest BCUT2D eigenvalue weighted by molar-refractivity contribution is 0.571. The second-order valence-corrected chi connectivity index (χ2v) is 6.61. The lowest BCUT2D eigenvalue weighted by Gasteiger charge is -2.14. The highest BCUT2D eigenvalue weighted by molar-refractivity contribution is 7.98. The Bertz CT molecular complexity index is 486. The monoisotopic (exact) mass is 274 g/mol. The van der Waals surface area contributed by atoms with Crippen molar-refractivity contribution in [2.45, 2.75) is 24.8 Å². The first-order valence-corrected chi connectivity index (χ1v) is 8.12. The molecule has 1 aromatic rings. The van der Waals surface area contributed by atoms with E-state index in [1.54, 1.807) is 30.0 Å². The SMILES string of the molecule is CSCC(C)NS(=O)(=O)c1ccc(C)cc1N. The Morgan fingerprint density at radius 1 is 1.47 bits per heavy atom. The van der Waals surface area contributed by atoms with Gasteiger partial charge in [0, 0.05) is 11.8 Å². The summed E-state index contributed by atoms with van der Waals surface area (Å²) in [5, 5.41) is 0. The maximum Gasteiger partial charge on any atom is 0.242 e. The quantitative estimate of drug-likeness (QED) is 0.800. The van der Waals surface area contributed by atoms with Crippen LogP contribution in [0.3, 0.4) is 0 Å². The Morgan fingerprint density at radius 2 is 2.12 bits per heavy atom. The molecule has 3 N–H and O–H groups in total. The second-order valence-electron chi connectivity index (χ2n) is 4.02. The van der Waals surface area contributed by atoms with E-state index in [1.165, 1.54) is 0 Å². The molecule has 0 radical (unpaired) electrons. The van der Waals surface area contributed by atoms with E-state index in [2.05, 4.69) is 4.72 Å². The number of hydrogen-bond acceptors (Lipinski definition) is 4. The van der Waals surface area contributed by atoms with Crippen molar-refractivity contribution >= 4 is 27.5 Å². The molecule has 4 nitrogen and oxygen atoms in total. The first-order valence-electron chi connectivity index (χ1n) is 5.24. The molecule has 0 saturated heterocycles. The van der Waals surface area contributed by atoms with E-state index in [9.17, 15) is 8.42 Å². The van der Waals surface area contributed by atoms with E-state index >= 15 is 0 Å². The molecule has 1 rings (SSSR count). The number of rotatable bonds is 5. The molecular weight excluding hydrogens is 256 g/mol. The summed E-state index contributed by atoms with van der Waals surface area (Å²) in [6.07, 6.45) is 1.94. The lowest BCUT2D eigenvalue weighted by atomic mass is 10.2. The van der Waals surface area contributed by atoms with Gasteiger partial charge >= 0.3 is 0 Å². The van der Waals surface area contributed by atoms with Crippen LogP contribution in [-0.4, -0.2) is 26.5 Å². The minimum atomic E-state index is -3.52. The van der Waals surface area contributed by atoms with Crippen LogP contribution in [0.15, 0.2) is 23.1 Å². The van der Waals surface area contributed by atoms with Crippen LogP contribution in [0.25, 0.3) is 0 Å². The van der Waals surface area contributed by atoms with E-state index < -0.39 is 10.0 Å². The van der Waals surface area contributed by atoms with Crippen LogP contribution in [0.2, 0.25) is 0 Å². The number of benzene rings is 1. The van der Waals surface area contributed by atoms with Crippen molar-refractivity contribution in [3.05, 3.63) is 23.8 Å². The third-order valence-electron chi connectivity index (χ3n) is 2.23. The van der Waals surface area contributed by atoms with Gasteiger partial charge in [-0.1, -0.05) is 6.07 Å². The molecule has 0 fully saturated rings. The number of thioether (sulfide) groups is 1. The van der Waals surface area contributed by atoms with Crippen molar-refractivity contribution in [3.63, 3.8) is 0 Å². The first-order chi connectivity index (χ1) is 7.86. The molecule has 96 valence electrons. The smallest absolute Gasteiger partial charge is 0.242 e. The Hall–Kier alpha value is -0.720. The van der Waals surface area contributed by atoms with Crippen molar-refractivity contribution in [1.82, 2.24) is 4.72 Å². The van der Waals surface area contributed by atoms with Crippen LogP contribution in [0.4, 0.5) is 5.69 Å². The molecule has 0 saturated carbocycles. The molecular formula is C11H18N2O2S2. The Kier molecular flexibility index (Phi) is 4.85. The van der Waals surface area contributed by atoms with Crippen LogP contribution in [0.1, 0.15) is 12.5 Å². The number of sulfonamides is 1. The fraction of sp³-hybridized carbons (Fsp3) is 0.455. The third-order valence-corrected chi connectivity index (χ3v) is 4.72. The van der Waals surface area contributed by atoms with Crippen LogP contribution >= 0.6 is 11.8 Å². The third kappa shape index (κ3) is 3.90. The molecule has 6 heteroatoms. The minimum absolute atomic E-state index is 0.115. The van der Waals surface area contributed by atoms with Crippen LogP contribution in [0.5, 0.6) is 0 Å². The molecule has 0 bridgehead atoms. The molecule has 1 atom stereocenters. The Morgan fingerprint density at radius 3 is 2.65 bits per heavy atom. The van der Waals surface area contributed by atoms with Gasteiger partial charge in [-0.2, -0.15) is 11.8 Å². The van der Waals surface area contributed by atoms with Crippen molar-refractivity contribution in [2.75, 3.05) is 17.7 Å². The van der Waals surface area contributed by atoms with E-state index in [4.69, 9.17) is 5.73 Å². The van der Waals surface area contributed by atoms with Gasteiger partial charge in [0.1, 0.15) is 4.90 Å². The van der Waals surface area contributed by atoms with Gasteiger partial charge in [-0.05, 0) is 37.8 Å². The highest BCUT2D eigenvalue weighted by atomic mass is 32.2. The van der Waals surface area contributed by atoms with Crippen molar-refractivity contribution in [3.8, 4) is 0 Å². The van der Waals surface area contributed by atoms with E-state index in [-0.39, 0.29) is 16.6 Å². The molecule has 1 aromatic carbocycles. The molecule has 0 heterocycles. The van der Waals surface area contributed by atoms with Gasteiger partial charge in [0.05, 0.1) is 5.69 Å². The zero-order chi connectivity index (χ0) is 13.1. The predicted octanol–water partition coefficient (Wildman–Crippen LogP) is 1.61. The van der Waals surface area contributed by atoms with Gasteiger partial charge in [0.15, 0.2) is 0 Å². The predicted molar refractivity (Wildman–Crippen MR) is 73.8 cm³/mol. The summed E-state index contributed by atoms with van der Waals surface area (Å²) in [5.41, 5.74) is 6.96. The standard InChI is InChI=1S/C11H18N2O2S2/c1-8-4-5-11(10(12)6-8)17(14,15)13-9(2)7-16-3/h4-6,9,13H,7,12H2,1-3H3. The van der Waals surface area contributed by atoms with Crippen molar-refractivity contribution < 1.29 is 8.42 Å². The fourth-order valence-corrected chi connectivity index (χ4v) is 3.57. The number of anilines is 1. The molecule has 17 heavy (non-hydrogen) atoms. The molecule has 0 aromatic heterocycles. The maximum absolute atomic E-state index is 12.0. The van der Waals surface area contributed by atoms with Crippen LogP contribution in [0, 0.1) is 6.92 Å². The number of aryl methyl sites for hydroxylation is 1. The summed E-state index contributed by atoms with van der Waals surface area (Å²) in [5.74, 6) is 0.727. The van der Waals surface area contributed by atoms with E-state index in [0.717, 1.165) is 11.3 Å². The number of hydrogen-bond donors (Lipinski definition) is 2. The summed E-state index contributed by atoms with van der Waals surface area (Å²) >= 11 is 1.59. The average molecular weight is 274 g/mol. The molecule has 0 spiro atoms. The van der Waals surface area contributed by atoms with Gasteiger partial charge in [-0.15, -0.1) is 0 Å². The average Bonchev–Trinajstić information content (AvgIpc) is 2.15. The summed E-state index contributed by atoms with van der Waals surface area (Å²) in [4.78, 5) is 0.149. The van der Waals surface area contributed by atoms with E-state index in [1.807, 2.05) is 20.1 Å². The zero-order valence-corrected chi connectivity index (χ0v) is 11.9. The first kappa shape index (κ1) is 14.3. The van der Waals surface area contributed by atoms with Gasteiger partial charge in [0.2, 0.25) is 10.0 Å². The summed E-state index contributed by atoms with van der Waals surface area (Å²) in [7, 11) is -3.52. The van der Waals surface area contributed by atoms with Crippen molar-refractivity contribution in [1.29, 1.82) is 0 Å². The number of nitrogen functional groups attached to an aromatic ring is 1. The van der Waals surface area contributed by atoms with Gasteiger partial charge < -0.3 is 5.73 Å². The number of nitrogens with two attached hydrogens (primary N) is 1. The Balaban J connectivity index is 2.97. The molecule has 1 unspecified atom stereocenters. The summed E-state index contributed by atoms with van der Waals surface area (Å²) < 4.78 is 26.7. The maximum atomic E-state index is 12.0. The molecule has 0 aliphatic heterocycles. The van der Waals surface area contributed by atoms with Crippen LogP contribution < -0.4 is 10.5 Å². The number of nitrogens with one attached hydrogen (secondary N) is 1. The molecule has 0 aliphatic rings. The normalized spacial score (nSPS) is 13.6. The Labute approximate surface area is 107 Å². The van der Waals surface area contributed by atoms with Gasteiger partial charge in [-0.3, -0.25) is 0 Å². The lowest BCUT2D eigenvalue weighted by Crippen LogP contribution is -2.34.